The summed E-state index contributed by atoms with van der Waals surface area (Å²) in [6.45, 7) is 0.0971. The van der Waals surface area contributed by atoms with Gasteiger partial charge in [-0.25, -0.2) is 0 Å². The zero-order valence-corrected chi connectivity index (χ0v) is 18.4. The maximum Gasteiger partial charge on any atom is 0.226 e. The zero-order chi connectivity index (χ0) is 24.8. The lowest BCUT2D eigenvalue weighted by Gasteiger charge is -2.50. The van der Waals surface area contributed by atoms with E-state index in [1.807, 2.05) is 12.2 Å². The van der Waals surface area contributed by atoms with Crippen LogP contribution in [0.1, 0.15) is 13.3 Å². The minimum atomic E-state index is -2.45. The van der Waals surface area contributed by atoms with Crippen LogP contribution < -0.4 is 0 Å². The molecule has 0 aromatic rings. The summed E-state index contributed by atoms with van der Waals surface area (Å²) in [6, 6.07) is 0. The minimum Gasteiger partial charge on any atom is -0.472 e. The second-order valence-electron chi connectivity index (χ2n) is 9.01. The third kappa shape index (κ3) is 4.40. The molecular formula is C21H32O13. The van der Waals surface area contributed by atoms with Crippen molar-refractivity contribution in [3.63, 3.8) is 0 Å². The molecule has 0 aromatic heterocycles. The molecule has 34 heavy (non-hydrogen) atoms. The van der Waals surface area contributed by atoms with E-state index in [-0.39, 0.29) is 12.5 Å². The number of fused-ring (bicyclic) bond motifs is 1. The van der Waals surface area contributed by atoms with Crippen LogP contribution in [0.15, 0.2) is 24.0 Å². The molecule has 0 bridgehead atoms. The van der Waals surface area contributed by atoms with Crippen molar-refractivity contribution in [2.75, 3.05) is 13.2 Å². The third-order valence-electron chi connectivity index (χ3n) is 6.89. The Hall–Kier alpha value is -1.20. The van der Waals surface area contributed by atoms with Gasteiger partial charge in [0.05, 0.1) is 24.9 Å². The van der Waals surface area contributed by atoms with Gasteiger partial charge in [-0.15, -0.1) is 0 Å². The average molecular weight is 492 g/mol. The number of rotatable bonds is 6. The molecule has 13 heteroatoms. The Morgan fingerprint density at radius 3 is 2.32 bits per heavy atom. The highest BCUT2D eigenvalue weighted by molar-refractivity contribution is 5.21. The molecule has 4 aliphatic rings. The molecular weight excluding hydrogens is 460 g/mol. The van der Waals surface area contributed by atoms with Crippen LogP contribution in [0.3, 0.4) is 0 Å². The molecule has 2 saturated heterocycles. The second kappa shape index (κ2) is 10.0. The van der Waals surface area contributed by atoms with Gasteiger partial charge in [-0.3, -0.25) is 0 Å². The molecule has 2 fully saturated rings. The van der Waals surface area contributed by atoms with E-state index in [9.17, 15) is 40.9 Å². The number of hydrogen-bond acceptors (Lipinski definition) is 13. The Labute approximate surface area is 195 Å². The van der Waals surface area contributed by atoms with Crippen molar-refractivity contribution >= 4 is 0 Å². The highest BCUT2D eigenvalue weighted by Crippen LogP contribution is 2.42. The van der Waals surface area contributed by atoms with Crippen molar-refractivity contribution in [2.24, 2.45) is 11.8 Å². The number of hydrogen-bond donors (Lipinski definition) is 8. The van der Waals surface area contributed by atoms with Crippen molar-refractivity contribution in [1.82, 2.24) is 0 Å². The fraction of sp³-hybridized carbons (Fsp3) is 0.810. The molecule has 3 aliphatic heterocycles. The van der Waals surface area contributed by atoms with E-state index < -0.39 is 79.9 Å². The number of ether oxygens (including phenoxy) is 5. The lowest BCUT2D eigenvalue weighted by molar-refractivity contribution is -0.457. The maximum atomic E-state index is 10.6. The predicted octanol–water partition coefficient (Wildman–Crippen LogP) is -3.60. The van der Waals surface area contributed by atoms with Crippen LogP contribution in [0.4, 0.5) is 0 Å². The standard InChI is InChI=1S/C21H32O13/c1-8-12(24)13(25)15(27)19(31-8)33-21(7-23)17(29)14(26)16(28)20(34-21)32-18-11-9(4-5-30-18)2-3-10(11)6-22/h3-5,8-9,11-20,22-29H,2,6-7H2,1H3/t8-,9+,11-,12-,13+,14+,15+,16+,17-,18?,19-,20-,21-/m0/s1. The van der Waals surface area contributed by atoms with Gasteiger partial charge < -0.3 is 64.5 Å². The monoisotopic (exact) mass is 492 g/mol. The molecule has 0 aromatic carbocycles. The minimum absolute atomic E-state index is 0.0313. The summed E-state index contributed by atoms with van der Waals surface area (Å²) < 4.78 is 27.8. The zero-order valence-electron chi connectivity index (χ0n) is 18.4. The highest BCUT2D eigenvalue weighted by atomic mass is 16.9. The first-order valence-corrected chi connectivity index (χ1v) is 11.1. The number of aliphatic hydroxyl groups excluding tert-OH is 8. The van der Waals surface area contributed by atoms with Crippen molar-refractivity contribution in [3.8, 4) is 0 Å². The van der Waals surface area contributed by atoms with E-state index in [1.165, 1.54) is 13.2 Å². The van der Waals surface area contributed by atoms with Crippen molar-refractivity contribution in [2.45, 2.75) is 80.7 Å². The average Bonchev–Trinajstić information content (AvgIpc) is 3.27. The predicted molar refractivity (Wildman–Crippen MR) is 108 cm³/mol. The molecule has 0 spiro atoms. The van der Waals surface area contributed by atoms with Gasteiger partial charge in [0.2, 0.25) is 12.1 Å². The fourth-order valence-electron chi connectivity index (χ4n) is 4.77. The lowest BCUT2D eigenvalue weighted by Crippen LogP contribution is -2.70. The van der Waals surface area contributed by atoms with Gasteiger partial charge in [0, 0.05) is 0 Å². The van der Waals surface area contributed by atoms with E-state index in [4.69, 9.17) is 23.7 Å². The van der Waals surface area contributed by atoms with Crippen LogP contribution >= 0.6 is 0 Å². The first-order chi connectivity index (χ1) is 16.1. The van der Waals surface area contributed by atoms with Gasteiger partial charge in [-0.2, -0.15) is 0 Å². The van der Waals surface area contributed by atoms with E-state index in [0.29, 0.717) is 12.0 Å². The van der Waals surface area contributed by atoms with Gasteiger partial charge in [0.25, 0.3) is 0 Å². The molecule has 13 atom stereocenters. The van der Waals surface area contributed by atoms with E-state index in [1.54, 1.807) is 0 Å². The summed E-state index contributed by atoms with van der Waals surface area (Å²) in [5.74, 6) is -2.89. The molecule has 1 unspecified atom stereocenters. The molecule has 0 amide bonds. The first kappa shape index (κ1) is 25.9. The van der Waals surface area contributed by atoms with Gasteiger partial charge in [0.15, 0.2) is 12.6 Å². The van der Waals surface area contributed by atoms with Gasteiger partial charge >= 0.3 is 0 Å². The van der Waals surface area contributed by atoms with Gasteiger partial charge in [0.1, 0.15) is 43.2 Å². The SMILES string of the molecule is C[C@@H]1O[C@@H](O[C@@]2(CO)O[C@H](OC3OC=C[C@H]4CC=C(CO)[C@@H]34)[C@H](O)[C@@H](O)[C@@H]2O)[C@H](O)[C@H](O)[C@H]1O. The molecule has 194 valence electrons. The lowest BCUT2D eigenvalue weighted by atomic mass is 9.89. The normalized spacial score (nSPS) is 51.0. The van der Waals surface area contributed by atoms with Crippen molar-refractivity contribution < 1.29 is 64.5 Å². The summed E-state index contributed by atoms with van der Waals surface area (Å²) in [6.07, 6.45) is -10.3. The first-order valence-electron chi connectivity index (χ1n) is 11.1. The van der Waals surface area contributed by atoms with E-state index in [0.717, 1.165) is 0 Å². The van der Waals surface area contributed by atoms with Crippen molar-refractivity contribution in [1.29, 1.82) is 0 Å². The summed E-state index contributed by atoms with van der Waals surface area (Å²) in [7, 11) is 0. The fourth-order valence-corrected chi connectivity index (χ4v) is 4.77. The maximum absolute atomic E-state index is 10.6. The smallest absolute Gasteiger partial charge is 0.226 e. The molecule has 3 heterocycles. The number of aliphatic hydroxyl groups is 8. The molecule has 0 radical (unpaired) electrons. The van der Waals surface area contributed by atoms with Crippen LogP contribution in [0, 0.1) is 11.8 Å². The Balaban J connectivity index is 1.55. The van der Waals surface area contributed by atoms with Crippen molar-refractivity contribution in [3.05, 3.63) is 24.0 Å². The Morgan fingerprint density at radius 1 is 0.941 bits per heavy atom. The summed E-state index contributed by atoms with van der Waals surface area (Å²) >= 11 is 0. The van der Waals surface area contributed by atoms with Crippen LogP contribution in [0.5, 0.6) is 0 Å². The molecule has 8 N–H and O–H groups in total. The Morgan fingerprint density at radius 2 is 1.65 bits per heavy atom. The van der Waals surface area contributed by atoms with E-state index in [2.05, 4.69) is 0 Å². The van der Waals surface area contributed by atoms with Gasteiger partial charge in [-0.05, 0) is 30.9 Å². The molecule has 1 aliphatic carbocycles. The van der Waals surface area contributed by atoms with Crippen LogP contribution in [-0.2, 0) is 23.7 Å². The molecule has 4 rings (SSSR count). The van der Waals surface area contributed by atoms with E-state index >= 15 is 0 Å². The summed E-state index contributed by atoms with van der Waals surface area (Å²) in [4.78, 5) is 0. The largest absolute Gasteiger partial charge is 0.472 e. The summed E-state index contributed by atoms with van der Waals surface area (Å²) in [5, 5.41) is 81.6. The summed E-state index contributed by atoms with van der Waals surface area (Å²) in [5.41, 5.74) is 0.662. The second-order valence-corrected chi connectivity index (χ2v) is 9.01. The third-order valence-corrected chi connectivity index (χ3v) is 6.89. The quantitative estimate of drug-likeness (QED) is 0.169. The Kier molecular flexibility index (Phi) is 7.65. The topological polar surface area (TPSA) is 208 Å². The molecule has 0 saturated carbocycles. The highest BCUT2D eigenvalue weighted by Gasteiger charge is 2.59. The van der Waals surface area contributed by atoms with Crippen LogP contribution in [-0.4, -0.2) is 121 Å². The van der Waals surface area contributed by atoms with Gasteiger partial charge in [-0.1, -0.05) is 6.08 Å². The molecule has 13 nitrogen and oxygen atoms in total. The number of allylic oxidation sites excluding steroid dienone is 2. The van der Waals surface area contributed by atoms with Crippen LogP contribution in [0.25, 0.3) is 0 Å². The van der Waals surface area contributed by atoms with Crippen LogP contribution in [0.2, 0.25) is 0 Å². The Bertz CT molecular complexity index is 776.